The molecule has 0 spiro atoms. The van der Waals surface area contributed by atoms with Crippen LogP contribution in [0, 0.1) is 3.57 Å². The largest absolute Gasteiger partial charge is 0.481 e. The van der Waals surface area contributed by atoms with Crippen molar-refractivity contribution in [2.24, 2.45) is 0 Å². The van der Waals surface area contributed by atoms with E-state index in [4.69, 9.17) is 11.6 Å². The number of nitrogens with one attached hydrogen (secondary N) is 1. The SMILES string of the molecule is CC(C)(C(=O)O)c1csc(Nc2ccc(Cl)cc2I)n1. The number of carboxylic acids is 1. The molecule has 0 bridgehead atoms. The number of anilines is 2. The Hall–Kier alpha value is -0.860. The van der Waals surface area contributed by atoms with Crippen molar-refractivity contribution in [1.29, 1.82) is 0 Å². The Kier molecular flexibility index (Phi) is 4.55. The number of carbonyl (C=O) groups is 1. The van der Waals surface area contributed by atoms with Crippen LogP contribution in [0.5, 0.6) is 0 Å². The lowest BCUT2D eigenvalue weighted by Crippen LogP contribution is -2.28. The van der Waals surface area contributed by atoms with Crippen molar-refractivity contribution >= 4 is 62.3 Å². The van der Waals surface area contributed by atoms with Crippen LogP contribution in [0.15, 0.2) is 23.6 Å². The molecule has 1 aromatic heterocycles. The zero-order valence-electron chi connectivity index (χ0n) is 10.8. The zero-order chi connectivity index (χ0) is 14.9. The molecule has 20 heavy (non-hydrogen) atoms. The molecule has 0 amide bonds. The average molecular weight is 423 g/mol. The van der Waals surface area contributed by atoms with Crippen molar-refractivity contribution in [3.63, 3.8) is 0 Å². The first-order valence-electron chi connectivity index (χ1n) is 5.72. The summed E-state index contributed by atoms with van der Waals surface area (Å²) in [4.78, 5) is 15.6. The van der Waals surface area contributed by atoms with Gasteiger partial charge in [-0.15, -0.1) is 11.3 Å². The van der Waals surface area contributed by atoms with Gasteiger partial charge in [-0.1, -0.05) is 11.6 Å². The molecule has 2 N–H and O–H groups in total. The molecule has 4 nitrogen and oxygen atoms in total. The molecule has 0 radical (unpaired) electrons. The summed E-state index contributed by atoms with van der Waals surface area (Å²) in [6.07, 6.45) is 0. The quantitative estimate of drug-likeness (QED) is 0.712. The summed E-state index contributed by atoms with van der Waals surface area (Å²) < 4.78 is 0.976. The molecule has 7 heteroatoms. The monoisotopic (exact) mass is 422 g/mol. The lowest BCUT2D eigenvalue weighted by molar-refractivity contribution is -0.142. The highest BCUT2D eigenvalue weighted by atomic mass is 127. The van der Waals surface area contributed by atoms with E-state index in [0.29, 0.717) is 15.8 Å². The van der Waals surface area contributed by atoms with Crippen LogP contribution in [0.25, 0.3) is 0 Å². The molecule has 0 atom stereocenters. The molecular weight excluding hydrogens is 411 g/mol. The first kappa shape index (κ1) is 15.5. The topological polar surface area (TPSA) is 62.2 Å². The van der Waals surface area contributed by atoms with Gasteiger partial charge in [-0.3, -0.25) is 4.79 Å². The van der Waals surface area contributed by atoms with Crippen LogP contribution in [0.4, 0.5) is 10.8 Å². The maximum atomic E-state index is 11.2. The van der Waals surface area contributed by atoms with E-state index in [1.165, 1.54) is 11.3 Å². The van der Waals surface area contributed by atoms with Crippen molar-refractivity contribution in [3.8, 4) is 0 Å². The number of carboxylic acid groups (broad SMARTS) is 1. The molecule has 0 saturated heterocycles. The molecular formula is C13H12ClIN2O2S. The van der Waals surface area contributed by atoms with Crippen molar-refractivity contribution < 1.29 is 9.90 Å². The summed E-state index contributed by atoms with van der Waals surface area (Å²) in [6, 6.07) is 5.51. The smallest absolute Gasteiger partial charge is 0.315 e. The maximum Gasteiger partial charge on any atom is 0.315 e. The minimum Gasteiger partial charge on any atom is -0.481 e. The molecule has 0 saturated carbocycles. The van der Waals surface area contributed by atoms with Gasteiger partial charge in [-0.05, 0) is 54.6 Å². The van der Waals surface area contributed by atoms with Crippen LogP contribution in [0.2, 0.25) is 5.02 Å². The molecule has 0 aliphatic carbocycles. The maximum absolute atomic E-state index is 11.2. The van der Waals surface area contributed by atoms with Crippen LogP contribution >= 0.6 is 45.5 Å². The lowest BCUT2D eigenvalue weighted by Gasteiger charge is -2.15. The Labute approximate surface area is 139 Å². The van der Waals surface area contributed by atoms with Crippen molar-refractivity contribution in [1.82, 2.24) is 4.98 Å². The Morgan fingerprint density at radius 2 is 2.20 bits per heavy atom. The van der Waals surface area contributed by atoms with Crippen LogP contribution in [-0.2, 0) is 10.2 Å². The summed E-state index contributed by atoms with van der Waals surface area (Å²) >= 11 is 9.47. The lowest BCUT2D eigenvalue weighted by atomic mass is 9.90. The Morgan fingerprint density at radius 3 is 2.80 bits per heavy atom. The third-order valence-electron chi connectivity index (χ3n) is 2.85. The number of nitrogens with zero attached hydrogens (tertiary/aromatic N) is 1. The Morgan fingerprint density at radius 1 is 1.50 bits per heavy atom. The summed E-state index contributed by atoms with van der Waals surface area (Å²) in [5, 5.41) is 15.5. The highest BCUT2D eigenvalue weighted by molar-refractivity contribution is 14.1. The van der Waals surface area contributed by atoms with Gasteiger partial charge in [0.25, 0.3) is 0 Å². The molecule has 0 aliphatic rings. The molecule has 0 unspecified atom stereocenters. The second-order valence-electron chi connectivity index (χ2n) is 4.72. The predicted octanol–water partition coefficient (Wildman–Crippen LogP) is 4.51. The summed E-state index contributed by atoms with van der Waals surface area (Å²) in [5.74, 6) is -0.893. The number of halogens is 2. The first-order valence-corrected chi connectivity index (χ1v) is 8.06. The fraction of sp³-hybridized carbons (Fsp3) is 0.231. The average Bonchev–Trinajstić information content (AvgIpc) is 2.81. The fourth-order valence-corrected chi connectivity index (χ4v) is 3.33. The number of benzene rings is 1. The highest BCUT2D eigenvalue weighted by Crippen LogP contribution is 2.31. The standard InChI is InChI=1S/C13H12ClIN2O2S/c1-13(2,11(18)19)10-6-20-12(17-10)16-9-4-3-7(14)5-8(9)15/h3-6H,1-2H3,(H,16,17)(H,18,19). The number of aliphatic carboxylic acids is 1. The van der Waals surface area contributed by atoms with E-state index >= 15 is 0 Å². The number of hydrogen-bond donors (Lipinski definition) is 2. The van der Waals surface area contributed by atoms with Crippen molar-refractivity contribution in [2.45, 2.75) is 19.3 Å². The third-order valence-corrected chi connectivity index (χ3v) is 4.74. The molecule has 106 valence electrons. The Bertz CT molecular complexity index is 658. The molecule has 0 fully saturated rings. The van der Waals surface area contributed by atoms with Crippen molar-refractivity contribution in [2.75, 3.05) is 5.32 Å². The number of hydrogen-bond acceptors (Lipinski definition) is 4. The summed E-state index contributed by atoms with van der Waals surface area (Å²) in [7, 11) is 0. The fourth-order valence-electron chi connectivity index (χ4n) is 1.43. The second-order valence-corrected chi connectivity index (χ2v) is 7.17. The van der Waals surface area contributed by atoms with Gasteiger partial charge in [0, 0.05) is 14.0 Å². The molecule has 0 aliphatic heterocycles. The van der Waals surface area contributed by atoms with Crippen LogP contribution in [0.1, 0.15) is 19.5 Å². The third kappa shape index (κ3) is 3.24. The summed E-state index contributed by atoms with van der Waals surface area (Å²) in [5.41, 5.74) is 0.439. The molecule has 2 aromatic rings. The van der Waals surface area contributed by atoms with Gasteiger partial charge >= 0.3 is 5.97 Å². The number of rotatable bonds is 4. The van der Waals surface area contributed by atoms with Gasteiger partial charge in [0.05, 0.1) is 11.4 Å². The Balaban J connectivity index is 2.24. The number of thiazole rings is 1. The van der Waals surface area contributed by atoms with E-state index in [0.717, 1.165) is 9.26 Å². The van der Waals surface area contributed by atoms with Gasteiger partial charge in [-0.25, -0.2) is 4.98 Å². The molecule has 1 heterocycles. The van der Waals surface area contributed by atoms with E-state index in [1.807, 2.05) is 12.1 Å². The van der Waals surface area contributed by atoms with Gasteiger partial charge < -0.3 is 10.4 Å². The van der Waals surface area contributed by atoms with Gasteiger partial charge in [-0.2, -0.15) is 0 Å². The number of aromatic nitrogens is 1. The van der Waals surface area contributed by atoms with Gasteiger partial charge in [0.15, 0.2) is 5.13 Å². The summed E-state index contributed by atoms with van der Waals surface area (Å²) in [6.45, 7) is 3.28. The van der Waals surface area contributed by atoms with E-state index < -0.39 is 11.4 Å². The molecule has 1 aromatic carbocycles. The van der Waals surface area contributed by atoms with E-state index in [2.05, 4.69) is 32.9 Å². The van der Waals surface area contributed by atoms with E-state index in [9.17, 15) is 9.90 Å². The van der Waals surface area contributed by atoms with E-state index in [-0.39, 0.29) is 0 Å². The zero-order valence-corrected chi connectivity index (χ0v) is 14.5. The van der Waals surface area contributed by atoms with E-state index in [1.54, 1.807) is 25.3 Å². The van der Waals surface area contributed by atoms with Crippen molar-refractivity contribution in [3.05, 3.63) is 37.9 Å². The van der Waals surface area contributed by atoms with Crippen LogP contribution in [0.3, 0.4) is 0 Å². The normalized spacial score (nSPS) is 11.4. The highest BCUT2D eigenvalue weighted by Gasteiger charge is 2.32. The first-order chi connectivity index (χ1) is 9.30. The second kappa shape index (κ2) is 5.87. The predicted molar refractivity (Wildman–Crippen MR) is 90.2 cm³/mol. The minimum absolute atomic E-state index is 0.543. The molecule has 2 rings (SSSR count). The van der Waals surface area contributed by atoms with Crippen LogP contribution in [-0.4, -0.2) is 16.1 Å². The van der Waals surface area contributed by atoms with Crippen LogP contribution < -0.4 is 5.32 Å². The van der Waals surface area contributed by atoms with Gasteiger partial charge in [0.2, 0.25) is 0 Å². The van der Waals surface area contributed by atoms with Gasteiger partial charge in [0.1, 0.15) is 5.41 Å². The minimum atomic E-state index is -0.996.